The van der Waals surface area contributed by atoms with E-state index >= 15 is 0 Å². The van der Waals surface area contributed by atoms with E-state index in [0.29, 0.717) is 0 Å². The first-order valence-electron chi connectivity index (χ1n) is 5.88. The molecule has 1 nitrogen and oxygen atoms in total. The van der Waals surface area contributed by atoms with E-state index in [4.69, 9.17) is 17.3 Å². The second kappa shape index (κ2) is 6.37. The monoisotopic (exact) mass is 323 g/mol. The molecule has 0 spiro atoms. The van der Waals surface area contributed by atoms with Gasteiger partial charge in [-0.2, -0.15) is 0 Å². The third-order valence-electron chi connectivity index (χ3n) is 2.82. The average molecular weight is 325 g/mol. The van der Waals surface area contributed by atoms with E-state index in [-0.39, 0.29) is 6.04 Å². The van der Waals surface area contributed by atoms with Crippen LogP contribution in [0.15, 0.2) is 53.0 Å². The summed E-state index contributed by atoms with van der Waals surface area (Å²) in [5, 5.41) is 0.764. The molecule has 0 saturated heterocycles. The fourth-order valence-corrected chi connectivity index (χ4v) is 2.31. The van der Waals surface area contributed by atoms with Crippen molar-refractivity contribution in [3.8, 4) is 0 Å². The van der Waals surface area contributed by atoms with Crippen molar-refractivity contribution in [1.29, 1.82) is 0 Å². The number of hydrogen-bond acceptors (Lipinski definition) is 1. The first kappa shape index (κ1) is 13.6. The highest BCUT2D eigenvalue weighted by Crippen LogP contribution is 2.14. The van der Waals surface area contributed by atoms with Crippen LogP contribution in [0.5, 0.6) is 0 Å². The van der Waals surface area contributed by atoms with Crippen LogP contribution in [0.2, 0.25) is 5.02 Å². The van der Waals surface area contributed by atoms with E-state index in [2.05, 4.69) is 28.1 Å². The van der Waals surface area contributed by atoms with Crippen LogP contribution >= 0.6 is 27.5 Å². The van der Waals surface area contributed by atoms with Gasteiger partial charge in [-0.15, -0.1) is 0 Å². The Morgan fingerprint density at radius 2 is 1.33 bits per heavy atom. The molecule has 18 heavy (non-hydrogen) atoms. The molecule has 0 aliphatic rings. The molecule has 0 aliphatic carbocycles. The lowest BCUT2D eigenvalue weighted by molar-refractivity contribution is 0.665. The minimum atomic E-state index is 0.132. The Kier molecular flexibility index (Phi) is 4.81. The molecular formula is C15H15BrClN. The first-order valence-corrected chi connectivity index (χ1v) is 7.05. The van der Waals surface area contributed by atoms with Crippen LogP contribution in [0.4, 0.5) is 0 Å². The minimum Gasteiger partial charge on any atom is -0.327 e. The van der Waals surface area contributed by atoms with Gasteiger partial charge in [0.2, 0.25) is 0 Å². The molecule has 3 heteroatoms. The molecule has 0 heterocycles. The fourth-order valence-electron chi connectivity index (χ4n) is 1.92. The number of rotatable bonds is 4. The van der Waals surface area contributed by atoms with Gasteiger partial charge >= 0.3 is 0 Å². The summed E-state index contributed by atoms with van der Waals surface area (Å²) >= 11 is 9.29. The Morgan fingerprint density at radius 3 is 1.83 bits per heavy atom. The number of benzene rings is 2. The number of hydrogen-bond donors (Lipinski definition) is 1. The lowest BCUT2D eigenvalue weighted by atomic mass is 10.00. The van der Waals surface area contributed by atoms with Gasteiger partial charge in [-0.1, -0.05) is 51.8 Å². The van der Waals surface area contributed by atoms with Gasteiger partial charge in [0.05, 0.1) is 0 Å². The van der Waals surface area contributed by atoms with Crippen molar-refractivity contribution in [2.24, 2.45) is 5.73 Å². The highest BCUT2D eigenvalue weighted by atomic mass is 79.9. The van der Waals surface area contributed by atoms with E-state index in [0.717, 1.165) is 22.3 Å². The molecule has 2 rings (SSSR count). The van der Waals surface area contributed by atoms with Crippen LogP contribution in [0, 0.1) is 0 Å². The van der Waals surface area contributed by atoms with Gasteiger partial charge < -0.3 is 5.73 Å². The van der Waals surface area contributed by atoms with Crippen molar-refractivity contribution in [3.63, 3.8) is 0 Å². The summed E-state index contributed by atoms with van der Waals surface area (Å²) in [6.45, 7) is 0. The van der Waals surface area contributed by atoms with Crippen LogP contribution in [0.3, 0.4) is 0 Å². The zero-order valence-corrected chi connectivity index (χ0v) is 12.3. The topological polar surface area (TPSA) is 26.0 Å². The van der Waals surface area contributed by atoms with Crippen LogP contribution in [0.25, 0.3) is 0 Å². The maximum atomic E-state index is 6.17. The Balaban J connectivity index is 1.94. The van der Waals surface area contributed by atoms with Crippen molar-refractivity contribution in [2.75, 3.05) is 0 Å². The van der Waals surface area contributed by atoms with Crippen molar-refractivity contribution in [3.05, 3.63) is 69.2 Å². The molecule has 1 atom stereocenters. The molecule has 2 N–H and O–H groups in total. The van der Waals surface area contributed by atoms with E-state index in [1.807, 2.05) is 36.4 Å². The second-order valence-electron chi connectivity index (χ2n) is 4.42. The van der Waals surface area contributed by atoms with E-state index in [1.165, 1.54) is 11.1 Å². The smallest absolute Gasteiger partial charge is 0.0406 e. The molecule has 0 saturated carbocycles. The van der Waals surface area contributed by atoms with Gasteiger partial charge in [0.1, 0.15) is 0 Å². The lowest BCUT2D eigenvalue weighted by Crippen LogP contribution is -2.25. The highest BCUT2D eigenvalue weighted by Gasteiger charge is 2.05. The van der Waals surface area contributed by atoms with E-state index < -0.39 is 0 Å². The fraction of sp³-hybridized carbons (Fsp3) is 0.200. The Labute approximate surface area is 121 Å². The molecule has 0 bridgehead atoms. The maximum Gasteiger partial charge on any atom is 0.0406 e. The molecule has 0 amide bonds. The summed E-state index contributed by atoms with van der Waals surface area (Å²) in [6.07, 6.45) is 1.75. The van der Waals surface area contributed by atoms with Gasteiger partial charge in [0.25, 0.3) is 0 Å². The molecule has 94 valence electrons. The van der Waals surface area contributed by atoms with Crippen molar-refractivity contribution in [2.45, 2.75) is 18.9 Å². The van der Waals surface area contributed by atoms with Crippen molar-refractivity contribution >= 4 is 27.5 Å². The van der Waals surface area contributed by atoms with Gasteiger partial charge in [-0.05, 0) is 48.2 Å². The van der Waals surface area contributed by atoms with Gasteiger partial charge in [-0.25, -0.2) is 0 Å². The van der Waals surface area contributed by atoms with Crippen LogP contribution < -0.4 is 5.73 Å². The maximum absolute atomic E-state index is 6.17. The van der Waals surface area contributed by atoms with Crippen molar-refractivity contribution < 1.29 is 0 Å². The summed E-state index contributed by atoms with van der Waals surface area (Å²) < 4.78 is 1.09. The normalized spacial score (nSPS) is 12.4. The Hall–Kier alpha value is -0.830. The SMILES string of the molecule is NC(Cc1ccc(Cl)cc1)Cc1ccc(Br)cc1. The summed E-state index contributed by atoms with van der Waals surface area (Å²) in [7, 11) is 0. The summed E-state index contributed by atoms with van der Waals surface area (Å²) in [4.78, 5) is 0. The largest absolute Gasteiger partial charge is 0.327 e. The predicted molar refractivity (Wildman–Crippen MR) is 81.0 cm³/mol. The molecule has 0 aromatic heterocycles. The standard InChI is InChI=1S/C15H15BrClN/c16-13-5-1-11(2-6-13)9-15(18)10-12-3-7-14(17)8-4-12/h1-8,15H,9-10,18H2. The summed E-state index contributed by atoms with van der Waals surface area (Å²) in [5.74, 6) is 0. The Morgan fingerprint density at radius 1 is 0.889 bits per heavy atom. The lowest BCUT2D eigenvalue weighted by Gasteiger charge is -2.12. The molecule has 1 unspecified atom stereocenters. The molecule has 2 aromatic rings. The molecule has 0 radical (unpaired) electrons. The zero-order chi connectivity index (χ0) is 13.0. The van der Waals surface area contributed by atoms with Crippen LogP contribution in [0.1, 0.15) is 11.1 Å². The summed E-state index contributed by atoms with van der Waals surface area (Å²) in [6, 6.07) is 16.3. The second-order valence-corrected chi connectivity index (χ2v) is 5.77. The highest BCUT2D eigenvalue weighted by molar-refractivity contribution is 9.10. The molecule has 0 fully saturated rings. The molecule has 0 aliphatic heterocycles. The Bertz CT molecular complexity index is 445. The molecule has 2 aromatic carbocycles. The van der Waals surface area contributed by atoms with E-state index in [9.17, 15) is 0 Å². The zero-order valence-electron chi connectivity index (χ0n) is 9.94. The average Bonchev–Trinajstić information content (AvgIpc) is 2.35. The first-order chi connectivity index (χ1) is 8.63. The quantitative estimate of drug-likeness (QED) is 0.895. The number of halogens is 2. The third kappa shape index (κ3) is 4.13. The minimum absolute atomic E-state index is 0.132. The summed E-state index contributed by atoms with van der Waals surface area (Å²) in [5.41, 5.74) is 8.66. The van der Waals surface area contributed by atoms with Crippen molar-refractivity contribution in [1.82, 2.24) is 0 Å². The van der Waals surface area contributed by atoms with E-state index in [1.54, 1.807) is 0 Å². The van der Waals surface area contributed by atoms with Crippen LogP contribution in [-0.4, -0.2) is 6.04 Å². The molecular weight excluding hydrogens is 310 g/mol. The number of nitrogens with two attached hydrogens (primary N) is 1. The predicted octanol–water partition coefficient (Wildman–Crippen LogP) is 4.22. The third-order valence-corrected chi connectivity index (χ3v) is 3.60. The van der Waals surface area contributed by atoms with Gasteiger partial charge in [0, 0.05) is 15.5 Å². The van der Waals surface area contributed by atoms with Crippen LogP contribution in [-0.2, 0) is 12.8 Å². The van der Waals surface area contributed by atoms with Gasteiger partial charge in [0.15, 0.2) is 0 Å². The van der Waals surface area contributed by atoms with Gasteiger partial charge in [-0.3, -0.25) is 0 Å².